The van der Waals surface area contributed by atoms with Crippen LogP contribution in [0.15, 0.2) is 24.5 Å². The first kappa shape index (κ1) is 11.6. The largest absolute Gasteiger partial charge is 0.480 e. The molecule has 0 aromatic carbocycles. The minimum atomic E-state index is -0.907. The Morgan fingerprint density at radius 3 is 3.00 bits per heavy atom. The van der Waals surface area contributed by atoms with Crippen molar-refractivity contribution in [3.05, 3.63) is 35.9 Å². The second-order valence-electron chi connectivity index (χ2n) is 4.54. The van der Waals surface area contributed by atoms with E-state index in [0.29, 0.717) is 18.7 Å². The molecule has 0 saturated carbocycles. The third kappa shape index (κ3) is 1.92. The number of hydrogen-bond acceptors (Lipinski definition) is 5. The van der Waals surface area contributed by atoms with Gasteiger partial charge in [0.15, 0.2) is 6.04 Å². The first-order chi connectivity index (χ1) is 9.16. The zero-order valence-electron chi connectivity index (χ0n) is 10.1. The van der Waals surface area contributed by atoms with Crippen LogP contribution in [0.1, 0.15) is 36.2 Å². The van der Waals surface area contributed by atoms with Crippen molar-refractivity contribution in [1.29, 1.82) is 0 Å². The summed E-state index contributed by atoms with van der Waals surface area (Å²) in [4.78, 5) is 19.5. The number of carboxylic acids is 1. The first-order valence-corrected chi connectivity index (χ1v) is 6.01. The zero-order chi connectivity index (χ0) is 13.4. The highest BCUT2D eigenvalue weighted by molar-refractivity contribution is 5.72. The van der Waals surface area contributed by atoms with Crippen molar-refractivity contribution in [3.8, 4) is 0 Å². The van der Waals surface area contributed by atoms with Gasteiger partial charge in [0.2, 0.25) is 5.95 Å². The lowest BCUT2D eigenvalue weighted by Crippen LogP contribution is -2.28. The maximum atomic E-state index is 11.2. The Hall–Kier alpha value is -2.44. The molecular weight excluding hydrogens is 246 g/mol. The van der Waals surface area contributed by atoms with Crippen LogP contribution in [0.5, 0.6) is 0 Å². The molecule has 7 heteroatoms. The highest BCUT2D eigenvalue weighted by Crippen LogP contribution is 2.36. The average molecular weight is 259 g/mol. The van der Waals surface area contributed by atoms with E-state index in [-0.39, 0.29) is 11.9 Å². The topological polar surface area (TPSA) is 107 Å². The molecule has 0 spiro atoms. The Balaban J connectivity index is 2.06. The molecule has 3 rings (SSSR count). The number of anilines is 1. The van der Waals surface area contributed by atoms with E-state index in [1.165, 1.54) is 4.68 Å². The average Bonchev–Trinajstić information content (AvgIpc) is 2.79. The van der Waals surface area contributed by atoms with Crippen LogP contribution in [0.3, 0.4) is 0 Å². The molecule has 1 aliphatic heterocycles. The monoisotopic (exact) mass is 259 g/mol. The van der Waals surface area contributed by atoms with Gasteiger partial charge < -0.3 is 10.8 Å². The van der Waals surface area contributed by atoms with Gasteiger partial charge in [0, 0.05) is 18.3 Å². The number of aliphatic carboxylic acids is 1. The van der Waals surface area contributed by atoms with Gasteiger partial charge in [-0.1, -0.05) is 6.07 Å². The highest BCUT2D eigenvalue weighted by Gasteiger charge is 2.34. The molecule has 0 saturated heterocycles. The van der Waals surface area contributed by atoms with Crippen LogP contribution >= 0.6 is 0 Å². The quantitative estimate of drug-likeness (QED) is 0.826. The fourth-order valence-electron chi connectivity index (χ4n) is 2.52. The Bertz CT molecular complexity index is 610. The number of aromatic nitrogens is 4. The lowest BCUT2D eigenvalue weighted by molar-refractivity contribution is -0.141. The van der Waals surface area contributed by atoms with E-state index >= 15 is 0 Å². The van der Waals surface area contributed by atoms with Crippen LogP contribution in [0.4, 0.5) is 5.95 Å². The number of carboxylic acid groups (broad SMARTS) is 1. The Labute approximate surface area is 109 Å². The number of hydrogen-bond donors (Lipinski definition) is 2. The number of carbonyl (C=O) groups is 1. The van der Waals surface area contributed by atoms with Crippen LogP contribution in [0, 0.1) is 0 Å². The van der Waals surface area contributed by atoms with Crippen LogP contribution in [0.25, 0.3) is 0 Å². The van der Waals surface area contributed by atoms with Gasteiger partial charge in [-0.05, 0) is 24.5 Å². The van der Waals surface area contributed by atoms with E-state index in [2.05, 4.69) is 15.1 Å². The van der Waals surface area contributed by atoms with Crippen molar-refractivity contribution in [1.82, 2.24) is 19.7 Å². The van der Waals surface area contributed by atoms with Crippen molar-refractivity contribution in [2.75, 3.05) is 5.73 Å². The molecule has 1 aliphatic rings. The van der Waals surface area contributed by atoms with Crippen molar-refractivity contribution in [2.45, 2.75) is 24.8 Å². The van der Waals surface area contributed by atoms with Crippen LogP contribution in [-0.4, -0.2) is 30.8 Å². The van der Waals surface area contributed by atoms with Gasteiger partial charge in [-0.15, -0.1) is 5.10 Å². The summed E-state index contributed by atoms with van der Waals surface area (Å²) in [6.45, 7) is 0. The molecule has 7 nitrogen and oxygen atoms in total. The lowest BCUT2D eigenvalue weighted by atomic mass is 9.89. The van der Waals surface area contributed by atoms with Gasteiger partial charge in [-0.25, -0.2) is 9.48 Å². The minimum absolute atomic E-state index is 0.00546. The maximum absolute atomic E-state index is 11.2. The normalized spacial score (nSPS) is 21.9. The van der Waals surface area contributed by atoms with Crippen LogP contribution in [-0.2, 0) is 4.79 Å². The second kappa shape index (κ2) is 4.34. The van der Waals surface area contributed by atoms with E-state index in [1.54, 1.807) is 12.4 Å². The molecule has 2 atom stereocenters. The molecule has 2 aromatic rings. The van der Waals surface area contributed by atoms with Crippen LogP contribution in [0.2, 0.25) is 0 Å². The molecule has 2 aromatic heterocycles. The highest BCUT2D eigenvalue weighted by atomic mass is 16.4. The number of rotatable bonds is 2. The molecule has 0 aliphatic carbocycles. The first-order valence-electron chi connectivity index (χ1n) is 6.01. The summed E-state index contributed by atoms with van der Waals surface area (Å²) in [5, 5.41) is 13.2. The molecule has 3 N–H and O–H groups in total. The van der Waals surface area contributed by atoms with Gasteiger partial charge in [0.05, 0.1) is 0 Å². The fraction of sp³-hybridized carbons (Fsp3) is 0.333. The Morgan fingerprint density at radius 1 is 1.47 bits per heavy atom. The van der Waals surface area contributed by atoms with E-state index < -0.39 is 12.0 Å². The molecule has 19 heavy (non-hydrogen) atoms. The number of pyridine rings is 1. The van der Waals surface area contributed by atoms with Gasteiger partial charge in [-0.3, -0.25) is 4.98 Å². The molecule has 0 bridgehead atoms. The number of fused-ring (bicyclic) bond motifs is 1. The Morgan fingerprint density at radius 2 is 2.32 bits per heavy atom. The van der Waals surface area contributed by atoms with Gasteiger partial charge in [0.1, 0.15) is 5.82 Å². The third-order valence-electron chi connectivity index (χ3n) is 3.38. The third-order valence-corrected chi connectivity index (χ3v) is 3.38. The predicted molar refractivity (Wildman–Crippen MR) is 66.4 cm³/mol. The SMILES string of the molecule is Nc1nc2n(n1)C(C(=O)O)CCC2c1cccnc1. The maximum Gasteiger partial charge on any atom is 0.328 e. The van der Waals surface area contributed by atoms with Crippen molar-refractivity contribution < 1.29 is 9.90 Å². The van der Waals surface area contributed by atoms with E-state index in [9.17, 15) is 9.90 Å². The van der Waals surface area contributed by atoms with E-state index in [0.717, 1.165) is 5.56 Å². The van der Waals surface area contributed by atoms with Gasteiger partial charge in [-0.2, -0.15) is 4.98 Å². The molecule has 3 heterocycles. The molecular formula is C12H13N5O2. The lowest BCUT2D eigenvalue weighted by Gasteiger charge is -2.26. The van der Waals surface area contributed by atoms with E-state index in [1.807, 2.05) is 12.1 Å². The van der Waals surface area contributed by atoms with E-state index in [4.69, 9.17) is 5.73 Å². The van der Waals surface area contributed by atoms with Crippen molar-refractivity contribution >= 4 is 11.9 Å². The molecule has 2 unspecified atom stereocenters. The summed E-state index contributed by atoms with van der Waals surface area (Å²) in [6.07, 6.45) is 4.66. The molecule has 0 fully saturated rings. The minimum Gasteiger partial charge on any atom is -0.480 e. The fourth-order valence-corrected chi connectivity index (χ4v) is 2.52. The van der Waals surface area contributed by atoms with Gasteiger partial charge >= 0.3 is 5.97 Å². The zero-order valence-corrected chi connectivity index (χ0v) is 10.1. The van der Waals surface area contributed by atoms with Crippen molar-refractivity contribution in [2.24, 2.45) is 0 Å². The summed E-state index contributed by atoms with van der Waals surface area (Å²) < 4.78 is 1.43. The summed E-state index contributed by atoms with van der Waals surface area (Å²) in [6, 6.07) is 3.11. The summed E-state index contributed by atoms with van der Waals surface area (Å²) in [5.41, 5.74) is 6.61. The summed E-state index contributed by atoms with van der Waals surface area (Å²) >= 11 is 0. The summed E-state index contributed by atoms with van der Waals surface area (Å²) in [7, 11) is 0. The Kier molecular flexibility index (Phi) is 2.66. The summed E-state index contributed by atoms with van der Waals surface area (Å²) in [5.74, 6) is -0.203. The second-order valence-corrected chi connectivity index (χ2v) is 4.54. The standard InChI is InChI=1S/C12H13N5O2/c13-12-15-10-8(7-2-1-5-14-6-7)3-4-9(11(18)19)17(10)16-12/h1-2,5-6,8-9H,3-4H2,(H2,13,16)(H,18,19). The number of nitrogens with two attached hydrogens (primary N) is 1. The smallest absolute Gasteiger partial charge is 0.328 e. The predicted octanol–water partition coefficient (Wildman–Crippen LogP) is 0.807. The van der Waals surface area contributed by atoms with Crippen molar-refractivity contribution in [3.63, 3.8) is 0 Å². The number of nitrogen functional groups attached to an aromatic ring is 1. The molecule has 98 valence electrons. The number of nitrogens with zero attached hydrogens (tertiary/aromatic N) is 4. The van der Waals surface area contributed by atoms with Gasteiger partial charge in [0.25, 0.3) is 0 Å². The molecule has 0 radical (unpaired) electrons. The molecule has 0 amide bonds. The van der Waals surface area contributed by atoms with Crippen LogP contribution < -0.4 is 5.73 Å².